The van der Waals surface area contributed by atoms with E-state index in [0.717, 1.165) is 27.9 Å². The Hall–Kier alpha value is -0.240. The van der Waals surface area contributed by atoms with Gasteiger partial charge in [-0.1, -0.05) is 49.0 Å². The monoisotopic (exact) mass is 271 g/mol. The molecule has 17 heavy (non-hydrogen) atoms. The van der Waals surface area contributed by atoms with E-state index in [2.05, 4.69) is 6.92 Å². The molecule has 0 radical (unpaired) electrons. The van der Waals surface area contributed by atoms with Gasteiger partial charge in [0, 0.05) is 16.1 Å². The quantitative estimate of drug-likeness (QED) is 0.872. The van der Waals surface area contributed by atoms with E-state index in [1.807, 2.05) is 18.2 Å². The van der Waals surface area contributed by atoms with Crippen molar-refractivity contribution in [2.45, 2.75) is 38.6 Å². The smallest absolute Gasteiger partial charge is 0.0453 e. The van der Waals surface area contributed by atoms with Crippen LogP contribution in [0.2, 0.25) is 10.0 Å². The average Bonchev–Trinajstić information content (AvgIpc) is 2.70. The first-order valence-corrected chi connectivity index (χ1v) is 7.03. The summed E-state index contributed by atoms with van der Waals surface area (Å²) in [6, 6.07) is 5.81. The van der Waals surface area contributed by atoms with Gasteiger partial charge in [-0.3, -0.25) is 0 Å². The lowest BCUT2D eigenvalue weighted by atomic mass is 9.87. The van der Waals surface area contributed by atoms with Gasteiger partial charge in [-0.05, 0) is 42.4 Å². The number of benzene rings is 1. The summed E-state index contributed by atoms with van der Waals surface area (Å²) in [6.07, 6.45) is 4.63. The van der Waals surface area contributed by atoms with Crippen molar-refractivity contribution in [3.63, 3.8) is 0 Å². The largest absolute Gasteiger partial charge is 0.327 e. The molecule has 0 aromatic heterocycles. The van der Waals surface area contributed by atoms with Crippen molar-refractivity contribution < 1.29 is 0 Å². The zero-order valence-corrected chi connectivity index (χ0v) is 11.6. The van der Waals surface area contributed by atoms with Crippen LogP contribution in [-0.2, 0) is 6.42 Å². The van der Waals surface area contributed by atoms with Crippen molar-refractivity contribution in [2.24, 2.45) is 17.6 Å². The minimum atomic E-state index is 0.171. The maximum Gasteiger partial charge on any atom is 0.0453 e. The molecule has 0 heterocycles. The fraction of sp³-hybridized carbons (Fsp3) is 0.571. The molecule has 0 aliphatic heterocycles. The van der Waals surface area contributed by atoms with Gasteiger partial charge in [0.05, 0.1) is 0 Å². The van der Waals surface area contributed by atoms with E-state index in [0.29, 0.717) is 5.92 Å². The van der Waals surface area contributed by atoms with Crippen LogP contribution in [0.5, 0.6) is 0 Å². The molecule has 3 atom stereocenters. The third kappa shape index (κ3) is 2.96. The standard InChI is InChI=1S/C14H19Cl2N/c1-9-4-2-5-10(9)14(17)8-11-12(15)6-3-7-13(11)16/h3,6-7,9-10,14H,2,4-5,8,17H2,1H3. The predicted octanol–water partition coefficient (Wildman–Crippen LogP) is 4.30. The number of halogens is 2. The average molecular weight is 272 g/mol. The summed E-state index contributed by atoms with van der Waals surface area (Å²) in [4.78, 5) is 0. The molecule has 1 saturated carbocycles. The second-order valence-electron chi connectivity index (χ2n) is 5.14. The Bertz CT molecular complexity index is 372. The summed E-state index contributed by atoms with van der Waals surface area (Å²) in [5.74, 6) is 1.34. The zero-order chi connectivity index (χ0) is 12.4. The first-order valence-electron chi connectivity index (χ1n) is 6.28. The molecule has 3 unspecified atom stereocenters. The highest BCUT2D eigenvalue weighted by atomic mass is 35.5. The summed E-state index contributed by atoms with van der Waals surface area (Å²) in [5.41, 5.74) is 7.32. The Morgan fingerprint density at radius 2 is 1.94 bits per heavy atom. The third-order valence-electron chi connectivity index (χ3n) is 3.98. The van der Waals surface area contributed by atoms with Gasteiger partial charge < -0.3 is 5.73 Å². The van der Waals surface area contributed by atoms with Crippen LogP contribution >= 0.6 is 23.2 Å². The maximum absolute atomic E-state index is 6.32. The van der Waals surface area contributed by atoms with E-state index in [4.69, 9.17) is 28.9 Å². The first-order chi connectivity index (χ1) is 8.09. The Labute approximate surface area is 113 Å². The van der Waals surface area contributed by atoms with Crippen LogP contribution in [0.1, 0.15) is 31.7 Å². The third-order valence-corrected chi connectivity index (χ3v) is 4.69. The number of hydrogen-bond acceptors (Lipinski definition) is 1. The molecule has 1 aromatic carbocycles. The minimum absolute atomic E-state index is 0.171. The van der Waals surface area contributed by atoms with E-state index in [1.54, 1.807) is 0 Å². The van der Waals surface area contributed by atoms with E-state index in [1.165, 1.54) is 19.3 Å². The van der Waals surface area contributed by atoms with Crippen LogP contribution < -0.4 is 5.73 Å². The lowest BCUT2D eigenvalue weighted by molar-refractivity contribution is 0.343. The topological polar surface area (TPSA) is 26.0 Å². The predicted molar refractivity (Wildman–Crippen MR) is 74.6 cm³/mol. The summed E-state index contributed by atoms with van der Waals surface area (Å²) >= 11 is 12.4. The van der Waals surface area contributed by atoms with Crippen LogP contribution in [0.4, 0.5) is 0 Å². The molecule has 0 amide bonds. The Balaban J connectivity index is 2.10. The van der Waals surface area contributed by atoms with Crippen molar-refractivity contribution in [3.05, 3.63) is 33.8 Å². The molecular formula is C14H19Cl2N. The summed E-state index contributed by atoms with van der Waals surface area (Å²) in [7, 11) is 0. The molecule has 1 fully saturated rings. The second kappa shape index (κ2) is 5.60. The molecular weight excluding hydrogens is 253 g/mol. The molecule has 1 aliphatic carbocycles. The molecule has 2 N–H and O–H groups in total. The van der Waals surface area contributed by atoms with Crippen molar-refractivity contribution >= 4 is 23.2 Å². The minimum Gasteiger partial charge on any atom is -0.327 e. The normalized spacial score (nSPS) is 26.1. The molecule has 1 aromatic rings. The zero-order valence-electron chi connectivity index (χ0n) is 10.1. The van der Waals surface area contributed by atoms with E-state index in [9.17, 15) is 0 Å². The fourth-order valence-corrected chi connectivity index (χ4v) is 3.48. The van der Waals surface area contributed by atoms with Crippen LogP contribution in [-0.4, -0.2) is 6.04 Å². The molecule has 0 spiro atoms. The molecule has 0 saturated heterocycles. The van der Waals surface area contributed by atoms with Gasteiger partial charge in [0.15, 0.2) is 0 Å². The van der Waals surface area contributed by atoms with Crippen molar-refractivity contribution in [1.29, 1.82) is 0 Å². The van der Waals surface area contributed by atoms with E-state index >= 15 is 0 Å². The van der Waals surface area contributed by atoms with Gasteiger partial charge in [0.2, 0.25) is 0 Å². The SMILES string of the molecule is CC1CCCC1C(N)Cc1c(Cl)cccc1Cl. The van der Waals surface area contributed by atoms with Gasteiger partial charge in [0.1, 0.15) is 0 Å². The van der Waals surface area contributed by atoms with Crippen LogP contribution in [0.3, 0.4) is 0 Å². The lowest BCUT2D eigenvalue weighted by Gasteiger charge is -2.24. The van der Waals surface area contributed by atoms with E-state index in [-0.39, 0.29) is 6.04 Å². The van der Waals surface area contributed by atoms with Gasteiger partial charge in [-0.15, -0.1) is 0 Å². The van der Waals surface area contributed by atoms with Gasteiger partial charge in [0.25, 0.3) is 0 Å². The molecule has 1 aliphatic rings. The maximum atomic E-state index is 6.32. The summed E-state index contributed by atoms with van der Waals surface area (Å²) < 4.78 is 0. The highest BCUT2D eigenvalue weighted by Gasteiger charge is 2.29. The molecule has 2 rings (SSSR count). The van der Waals surface area contributed by atoms with Crippen molar-refractivity contribution in [2.75, 3.05) is 0 Å². The van der Waals surface area contributed by atoms with Crippen molar-refractivity contribution in [1.82, 2.24) is 0 Å². The van der Waals surface area contributed by atoms with Gasteiger partial charge in [-0.2, -0.15) is 0 Å². The molecule has 1 nitrogen and oxygen atoms in total. The van der Waals surface area contributed by atoms with Crippen LogP contribution in [0, 0.1) is 11.8 Å². The number of hydrogen-bond donors (Lipinski definition) is 1. The Morgan fingerprint density at radius 1 is 1.29 bits per heavy atom. The lowest BCUT2D eigenvalue weighted by Crippen LogP contribution is -2.33. The second-order valence-corrected chi connectivity index (χ2v) is 5.95. The highest BCUT2D eigenvalue weighted by Crippen LogP contribution is 2.35. The highest BCUT2D eigenvalue weighted by molar-refractivity contribution is 6.35. The summed E-state index contributed by atoms with van der Waals surface area (Å²) in [5, 5.41) is 1.47. The molecule has 3 heteroatoms. The van der Waals surface area contributed by atoms with Gasteiger partial charge in [-0.25, -0.2) is 0 Å². The first kappa shape index (κ1) is 13.2. The number of nitrogens with two attached hydrogens (primary N) is 1. The van der Waals surface area contributed by atoms with Crippen LogP contribution in [0.15, 0.2) is 18.2 Å². The Kier molecular flexibility index (Phi) is 4.35. The Morgan fingerprint density at radius 3 is 2.47 bits per heavy atom. The number of rotatable bonds is 3. The molecule has 0 bridgehead atoms. The van der Waals surface area contributed by atoms with Gasteiger partial charge >= 0.3 is 0 Å². The summed E-state index contributed by atoms with van der Waals surface area (Å²) in [6.45, 7) is 2.30. The fourth-order valence-electron chi connectivity index (χ4n) is 2.92. The van der Waals surface area contributed by atoms with Crippen LogP contribution in [0.25, 0.3) is 0 Å². The van der Waals surface area contributed by atoms with E-state index < -0.39 is 0 Å². The van der Waals surface area contributed by atoms with Crippen molar-refractivity contribution in [3.8, 4) is 0 Å². The molecule has 94 valence electrons.